The van der Waals surface area contributed by atoms with E-state index in [1.165, 1.54) is 29.2 Å². The summed E-state index contributed by atoms with van der Waals surface area (Å²) in [5.74, 6) is -0.440. The number of non-ortho nitro benzene ring substituents is 1. The van der Waals surface area contributed by atoms with Crippen LogP contribution >= 0.6 is 0 Å². The number of nitro benzene ring substituents is 1. The van der Waals surface area contributed by atoms with Gasteiger partial charge in [0.1, 0.15) is 0 Å². The van der Waals surface area contributed by atoms with Crippen LogP contribution in [0.2, 0.25) is 0 Å². The van der Waals surface area contributed by atoms with Crippen molar-refractivity contribution in [3.8, 4) is 0 Å². The molecule has 0 spiro atoms. The number of carbonyl (C=O) groups excluding carboxylic acids is 2. The first-order valence-electron chi connectivity index (χ1n) is 10.00. The molecule has 28 heavy (non-hydrogen) atoms. The Morgan fingerprint density at radius 3 is 2.25 bits per heavy atom. The molecule has 154 valence electrons. The molecule has 1 aliphatic rings. The molecular formula is C20H30N4O4. The van der Waals surface area contributed by atoms with Gasteiger partial charge in [0.15, 0.2) is 0 Å². The lowest BCUT2D eigenvalue weighted by Gasteiger charge is -2.26. The molecule has 0 unspecified atom stereocenters. The number of likely N-dealkylation sites (N-methyl/N-ethyl adjacent to an activating group) is 1. The third-order valence-electron chi connectivity index (χ3n) is 5.25. The van der Waals surface area contributed by atoms with Crippen molar-refractivity contribution in [2.24, 2.45) is 0 Å². The Hall–Kier alpha value is -2.48. The van der Waals surface area contributed by atoms with E-state index >= 15 is 0 Å². The van der Waals surface area contributed by atoms with Gasteiger partial charge in [0.2, 0.25) is 5.91 Å². The Labute approximate surface area is 166 Å². The van der Waals surface area contributed by atoms with E-state index in [0.29, 0.717) is 18.7 Å². The summed E-state index contributed by atoms with van der Waals surface area (Å²) in [6, 6.07) is 5.72. The van der Waals surface area contributed by atoms with Gasteiger partial charge in [0.05, 0.1) is 11.5 Å². The van der Waals surface area contributed by atoms with E-state index < -0.39 is 4.92 Å². The molecule has 1 N–H and O–H groups in total. The number of nitrogens with zero attached hydrogens (tertiary/aromatic N) is 3. The lowest BCUT2D eigenvalue weighted by atomic mass is 10.1. The fraction of sp³-hybridized carbons (Fsp3) is 0.600. The van der Waals surface area contributed by atoms with Gasteiger partial charge in [-0.3, -0.25) is 19.7 Å². The van der Waals surface area contributed by atoms with Crippen LogP contribution in [0.3, 0.4) is 0 Å². The molecule has 0 saturated heterocycles. The highest BCUT2D eigenvalue weighted by Gasteiger charge is 2.23. The van der Waals surface area contributed by atoms with Crippen LogP contribution in [-0.2, 0) is 4.79 Å². The molecule has 2 amide bonds. The van der Waals surface area contributed by atoms with Crippen LogP contribution in [0.1, 0.15) is 49.9 Å². The minimum Gasteiger partial charge on any atom is -0.352 e. The summed E-state index contributed by atoms with van der Waals surface area (Å²) in [7, 11) is 0. The molecule has 1 aliphatic carbocycles. The zero-order valence-corrected chi connectivity index (χ0v) is 16.7. The summed E-state index contributed by atoms with van der Waals surface area (Å²) >= 11 is 0. The smallest absolute Gasteiger partial charge is 0.269 e. The summed E-state index contributed by atoms with van der Waals surface area (Å²) in [5.41, 5.74) is 0.282. The molecule has 0 aromatic heterocycles. The minimum absolute atomic E-state index is 0.00636. The number of carbonyl (C=O) groups is 2. The Kier molecular flexibility index (Phi) is 8.38. The van der Waals surface area contributed by atoms with Crippen molar-refractivity contribution in [2.75, 3.05) is 32.7 Å². The van der Waals surface area contributed by atoms with Crippen molar-refractivity contribution >= 4 is 17.5 Å². The van der Waals surface area contributed by atoms with Gasteiger partial charge in [-0.25, -0.2) is 0 Å². The first-order valence-corrected chi connectivity index (χ1v) is 10.00. The van der Waals surface area contributed by atoms with E-state index in [1.807, 2.05) is 0 Å². The van der Waals surface area contributed by atoms with E-state index in [-0.39, 0.29) is 30.1 Å². The molecule has 8 heteroatoms. The molecule has 1 aromatic carbocycles. The number of hydrogen-bond donors (Lipinski definition) is 1. The number of rotatable bonds is 10. The molecule has 1 saturated carbocycles. The lowest BCUT2D eigenvalue weighted by molar-refractivity contribution is -0.384. The standard InChI is InChI=1S/C20H30N4O4/c1-3-22(4-2)13-14-23(15-19(25)21-17-7-5-6-8-17)20(26)16-9-11-18(12-10-16)24(27)28/h9-12,17H,3-8,13-15H2,1-2H3,(H,21,25). The van der Waals surface area contributed by atoms with E-state index in [4.69, 9.17) is 0 Å². The largest absolute Gasteiger partial charge is 0.352 e. The van der Waals surface area contributed by atoms with E-state index in [0.717, 1.165) is 38.8 Å². The summed E-state index contributed by atoms with van der Waals surface area (Å²) in [4.78, 5) is 39.4. The predicted octanol–water partition coefficient (Wildman–Crippen LogP) is 2.44. The normalized spacial score (nSPS) is 14.2. The Morgan fingerprint density at radius 2 is 1.71 bits per heavy atom. The van der Waals surface area contributed by atoms with E-state index in [1.54, 1.807) is 0 Å². The van der Waals surface area contributed by atoms with Crippen molar-refractivity contribution in [1.82, 2.24) is 15.1 Å². The van der Waals surface area contributed by atoms with E-state index in [2.05, 4.69) is 24.1 Å². The van der Waals surface area contributed by atoms with Crippen LogP contribution in [-0.4, -0.2) is 65.3 Å². The van der Waals surface area contributed by atoms with Gasteiger partial charge in [-0.2, -0.15) is 0 Å². The SMILES string of the molecule is CCN(CC)CCN(CC(=O)NC1CCCC1)C(=O)c1ccc([N+](=O)[O-])cc1. The Bertz CT molecular complexity index is 667. The second kappa shape index (κ2) is 10.8. The van der Waals surface area contributed by atoms with Crippen molar-refractivity contribution in [3.05, 3.63) is 39.9 Å². The number of amides is 2. The number of nitrogens with one attached hydrogen (secondary N) is 1. The summed E-state index contributed by atoms with van der Waals surface area (Å²) in [5, 5.41) is 13.8. The zero-order chi connectivity index (χ0) is 20.5. The maximum Gasteiger partial charge on any atom is 0.269 e. The summed E-state index contributed by atoms with van der Waals surface area (Å²) in [6.07, 6.45) is 4.22. The molecule has 2 rings (SSSR count). The molecular weight excluding hydrogens is 360 g/mol. The highest BCUT2D eigenvalue weighted by molar-refractivity contribution is 5.96. The highest BCUT2D eigenvalue weighted by atomic mass is 16.6. The van der Waals surface area contributed by atoms with Gasteiger partial charge >= 0.3 is 0 Å². The Balaban J connectivity index is 2.07. The van der Waals surface area contributed by atoms with Gasteiger partial charge < -0.3 is 15.1 Å². The van der Waals surface area contributed by atoms with Crippen LogP contribution in [0.15, 0.2) is 24.3 Å². The number of nitro groups is 1. The maximum atomic E-state index is 12.9. The molecule has 8 nitrogen and oxygen atoms in total. The number of benzene rings is 1. The molecule has 0 heterocycles. The first-order chi connectivity index (χ1) is 13.4. The quantitative estimate of drug-likeness (QED) is 0.489. The van der Waals surface area contributed by atoms with Crippen LogP contribution in [0, 0.1) is 10.1 Å². The topological polar surface area (TPSA) is 95.8 Å². The molecule has 0 radical (unpaired) electrons. The van der Waals surface area contributed by atoms with Crippen LogP contribution in [0.4, 0.5) is 5.69 Å². The molecule has 0 bridgehead atoms. The predicted molar refractivity (Wildman–Crippen MR) is 107 cm³/mol. The van der Waals surface area contributed by atoms with Crippen LogP contribution < -0.4 is 5.32 Å². The van der Waals surface area contributed by atoms with Gasteiger partial charge in [-0.15, -0.1) is 0 Å². The average Bonchev–Trinajstić information content (AvgIpc) is 3.20. The lowest BCUT2D eigenvalue weighted by Crippen LogP contribution is -2.46. The summed E-state index contributed by atoms with van der Waals surface area (Å²) in [6.45, 7) is 6.93. The molecule has 0 aliphatic heterocycles. The average molecular weight is 390 g/mol. The van der Waals surface area contributed by atoms with Crippen molar-refractivity contribution < 1.29 is 14.5 Å². The van der Waals surface area contributed by atoms with E-state index in [9.17, 15) is 19.7 Å². The van der Waals surface area contributed by atoms with Crippen LogP contribution in [0.25, 0.3) is 0 Å². The van der Waals surface area contributed by atoms with Crippen molar-refractivity contribution in [1.29, 1.82) is 0 Å². The minimum atomic E-state index is -0.499. The third kappa shape index (κ3) is 6.30. The maximum absolute atomic E-state index is 12.9. The number of hydrogen-bond acceptors (Lipinski definition) is 5. The first kappa shape index (κ1) is 21.8. The molecule has 1 aromatic rings. The fourth-order valence-electron chi connectivity index (χ4n) is 3.48. The zero-order valence-electron chi connectivity index (χ0n) is 16.7. The highest BCUT2D eigenvalue weighted by Crippen LogP contribution is 2.18. The van der Waals surface area contributed by atoms with Gasteiger partial charge in [0.25, 0.3) is 11.6 Å². The van der Waals surface area contributed by atoms with Gasteiger partial charge in [-0.05, 0) is 38.1 Å². The van der Waals surface area contributed by atoms with Gasteiger partial charge in [0, 0.05) is 36.8 Å². The monoisotopic (exact) mass is 390 g/mol. The summed E-state index contributed by atoms with van der Waals surface area (Å²) < 4.78 is 0. The third-order valence-corrected chi connectivity index (χ3v) is 5.25. The van der Waals surface area contributed by atoms with Crippen molar-refractivity contribution in [2.45, 2.75) is 45.6 Å². The van der Waals surface area contributed by atoms with Crippen molar-refractivity contribution in [3.63, 3.8) is 0 Å². The van der Waals surface area contributed by atoms with Crippen LogP contribution in [0.5, 0.6) is 0 Å². The Morgan fingerprint density at radius 1 is 1.11 bits per heavy atom. The fourth-order valence-corrected chi connectivity index (χ4v) is 3.48. The second-order valence-electron chi connectivity index (χ2n) is 7.11. The second-order valence-corrected chi connectivity index (χ2v) is 7.11. The van der Waals surface area contributed by atoms with Gasteiger partial charge in [-0.1, -0.05) is 26.7 Å². The molecule has 1 fully saturated rings. The molecule has 0 atom stereocenters.